The smallest absolute Gasteiger partial charge is 0.408 e. The van der Waals surface area contributed by atoms with E-state index in [1.54, 1.807) is 26.8 Å². The van der Waals surface area contributed by atoms with E-state index in [1.165, 1.54) is 4.90 Å². The molecule has 214 valence electrons. The predicted molar refractivity (Wildman–Crippen MR) is 143 cm³/mol. The SMILES string of the molecule is CC(C)(C)OC(=O)[C@@H]1C[C@]2(C=C(Oc3ccccc3)NO2)CN1C(=O)[C@@H](NC(=O)OC1CCCC1)C(C)(C)C. The maximum Gasteiger partial charge on any atom is 0.408 e. The molecule has 1 saturated heterocycles. The van der Waals surface area contributed by atoms with Gasteiger partial charge in [-0.1, -0.05) is 39.0 Å². The van der Waals surface area contributed by atoms with Crippen LogP contribution in [0.2, 0.25) is 0 Å². The number of nitrogens with zero attached hydrogens (tertiary/aromatic N) is 1. The second kappa shape index (κ2) is 11.1. The predicted octanol–water partition coefficient (Wildman–Crippen LogP) is 4.21. The molecule has 1 saturated carbocycles. The first kappa shape index (κ1) is 28.7. The summed E-state index contributed by atoms with van der Waals surface area (Å²) in [7, 11) is 0. The first-order valence-electron chi connectivity index (χ1n) is 13.6. The molecule has 0 aromatic heterocycles. The summed E-state index contributed by atoms with van der Waals surface area (Å²) in [6.07, 6.45) is 4.81. The Morgan fingerprint density at radius 1 is 1.08 bits per heavy atom. The minimum Gasteiger partial charge on any atom is -0.458 e. The van der Waals surface area contributed by atoms with Crippen LogP contribution in [0.25, 0.3) is 0 Å². The average Bonchev–Trinajstić information content (AvgIpc) is 3.57. The van der Waals surface area contributed by atoms with Crippen LogP contribution in [0.4, 0.5) is 4.79 Å². The Balaban J connectivity index is 1.57. The van der Waals surface area contributed by atoms with Crippen LogP contribution in [0.5, 0.6) is 5.75 Å². The Hall–Kier alpha value is -3.27. The van der Waals surface area contributed by atoms with Gasteiger partial charge in [-0.2, -0.15) is 0 Å². The van der Waals surface area contributed by atoms with Gasteiger partial charge < -0.3 is 24.4 Å². The molecule has 4 rings (SSSR count). The van der Waals surface area contributed by atoms with E-state index in [9.17, 15) is 14.4 Å². The highest BCUT2D eigenvalue weighted by Gasteiger charge is 2.55. The average molecular weight is 544 g/mol. The molecular formula is C29H41N3O7. The number of carbonyl (C=O) groups is 3. The van der Waals surface area contributed by atoms with Crippen molar-refractivity contribution in [1.82, 2.24) is 15.7 Å². The van der Waals surface area contributed by atoms with Gasteiger partial charge >= 0.3 is 12.1 Å². The summed E-state index contributed by atoms with van der Waals surface area (Å²) < 4.78 is 17.2. The van der Waals surface area contributed by atoms with Gasteiger partial charge in [0.15, 0.2) is 0 Å². The Morgan fingerprint density at radius 3 is 2.36 bits per heavy atom. The number of ether oxygens (including phenoxy) is 3. The third-order valence-corrected chi connectivity index (χ3v) is 6.99. The van der Waals surface area contributed by atoms with Gasteiger partial charge in [0.05, 0.1) is 6.54 Å². The van der Waals surface area contributed by atoms with Crippen molar-refractivity contribution >= 4 is 18.0 Å². The molecule has 39 heavy (non-hydrogen) atoms. The molecule has 3 aliphatic rings. The number of hydroxylamine groups is 1. The Labute approximate surface area is 230 Å². The minimum absolute atomic E-state index is 0.0658. The number of amides is 2. The highest BCUT2D eigenvalue weighted by molar-refractivity contribution is 5.91. The Bertz CT molecular complexity index is 1090. The van der Waals surface area contributed by atoms with E-state index in [2.05, 4.69) is 10.8 Å². The van der Waals surface area contributed by atoms with Crippen LogP contribution in [-0.2, 0) is 23.9 Å². The lowest BCUT2D eigenvalue weighted by molar-refractivity contribution is -0.164. The second-order valence-electron chi connectivity index (χ2n) is 12.7. The van der Waals surface area contributed by atoms with Gasteiger partial charge in [-0.25, -0.2) is 15.1 Å². The molecule has 10 nitrogen and oxygen atoms in total. The van der Waals surface area contributed by atoms with Crippen molar-refractivity contribution in [2.24, 2.45) is 5.41 Å². The zero-order chi connectivity index (χ0) is 28.4. The number of hydrogen-bond donors (Lipinski definition) is 2. The molecule has 2 aliphatic heterocycles. The summed E-state index contributed by atoms with van der Waals surface area (Å²) in [4.78, 5) is 47.6. The number of alkyl carbamates (subject to hydrolysis) is 1. The summed E-state index contributed by atoms with van der Waals surface area (Å²) in [5.74, 6) is 0.0322. The number of carbonyl (C=O) groups excluding carboxylic acids is 3. The van der Waals surface area contributed by atoms with Gasteiger partial charge in [-0.3, -0.25) is 9.63 Å². The number of nitrogens with one attached hydrogen (secondary N) is 2. The molecule has 2 amide bonds. The molecule has 2 N–H and O–H groups in total. The van der Waals surface area contributed by atoms with E-state index in [0.29, 0.717) is 11.6 Å². The Morgan fingerprint density at radius 2 is 1.74 bits per heavy atom. The second-order valence-corrected chi connectivity index (χ2v) is 12.7. The fraction of sp³-hybridized carbons (Fsp3) is 0.621. The highest BCUT2D eigenvalue weighted by atomic mass is 16.7. The van der Waals surface area contributed by atoms with E-state index in [0.717, 1.165) is 25.7 Å². The topological polar surface area (TPSA) is 115 Å². The fourth-order valence-electron chi connectivity index (χ4n) is 5.13. The molecule has 1 spiro atoms. The van der Waals surface area contributed by atoms with Crippen LogP contribution < -0.4 is 15.5 Å². The lowest BCUT2D eigenvalue weighted by Gasteiger charge is -2.35. The molecule has 3 atom stereocenters. The van der Waals surface area contributed by atoms with Crippen LogP contribution in [-0.4, -0.2) is 58.8 Å². The fourth-order valence-corrected chi connectivity index (χ4v) is 5.13. The molecule has 0 bridgehead atoms. The number of esters is 1. The number of para-hydroxylation sites is 1. The quantitative estimate of drug-likeness (QED) is 0.513. The standard InChI is InChI=1S/C29H41N3O7/c1-27(2,3)23(30-26(35)37-20-14-10-11-15-20)24(33)32-18-29(16-21(32)25(34)38-28(4,5)6)17-22(31-39-29)36-19-12-8-7-9-13-19/h7-9,12-13,17,20-21,23,31H,10-11,14-16,18H2,1-6H3,(H,30,35)/t21-,23+,29-/m0/s1. The third kappa shape index (κ3) is 7.23. The van der Waals surface area contributed by atoms with Crippen LogP contribution in [0.1, 0.15) is 73.6 Å². The van der Waals surface area contributed by atoms with E-state index in [1.807, 2.05) is 51.1 Å². The van der Waals surface area contributed by atoms with Crippen molar-refractivity contribution < 1.29 is 33.4 Å². The van der Waals surface area contributed by atoms with Crippen molar-refractivity contribution in [2.75, 3.05) is 6.54 Å². The molecule has 1 aromatic rings. The number of hydrogen-bond acceptors (Lipinski definition) is 8. The first-order chi connectivity index (χ1) is 18.2. The van der Waals surface area contributed by atoms with Crippen LogP contribution in [0.15, 0.2) is 42.3 Å². The first-order valence-corrected chi connectivity index (χ1v) is 13.6. The van der Waals surface area contributed by atoms with Crippen molar-refractivity contribution in [3.05, 3.63) is 42.3 Å². The van der Waals surface area contributed by atoms with E-state index in [-0.39, 0.29) is 19.1 Å². The maximum absolute atomic E-state index is 14.1. The molecule has 1 aliphatic carbocycles. The monoisotopic (exact) mass is 543 g/mol. The van der Waals surface area contributed by atoms with E-state index in [4.69, 9.17) is 19.0 Å². The van der Waals surface area contributed by atoms with Gasteiger partial charge in [0, 0.05) is 12.5 Å². The lowest BCUT2D eigenvalue weighted by atomic mass is 9.85. The molecule has 10 heteroatoms. The molecule has 0 radical (unpaired) electrons. The van der Waals surface area contributed by atoms with Gasteiger partial charge in [0.1, 0.15) is 35.1 Å². The summed E-state index contributed by atoms with van der Waals surface area (Å²) in [5, 5.41) is 2.79. The normalized spacial score (nSPS) is 24.2. The van der Waals surface area contributed by atoms with Gasteiger partial charge in [0.25, 0.3) is 0 Å². The molecule has 2 fully saturated rings. The molecule has 0 unspecified atom stereocenters. The zero-order valence-corrected chi connectivity index (χ0v) is 23.7. The highest BCUT2D eigenvalue weighted by Crippen LogP contribution is 2.38. The van der Waals surface area contributed by atoms with Crippen molar-refractivity contribution in [2.45, 2.75) is 103 Å². The van der Waals surface area contributed by atoms with Crippen molar-refractivity contribution in [3.8, 4) is 5.75 Å². The minimum atomic E-state index is -1.02. The number of rotatable bonds is 6. The Kier molecular flexibility index (Phi) is 8.16. The van der Waals surface area contributed by atoms with Gasteiger partial charge in [-0.05, 0) is 64.0 Å². The van der Waals surface area contributed by atoms with Crippen LogP contribution in [0.3, 0.4) is 0 Å². The summed E-state index contributed by atoms with van der Waals surface area (Å²) in [6, 6.07) is 7.35. The van der Waals surface area contributed by atoms with E-state index >= 15 is 0 Å². The molecular weight excluding hydrogens is 502 g/mol. The summed E-state index contributed by atoms with van der Waals surface area (Å²) in [6.45, 7) is 11.0. The third-order valence-electron chi connectivity index (χ3n) is 6.99. The summed E-state index contributed by atoms with van der Waals surface area (Å²) in [5.41, 5.74) is 0.366. The zero-order valence-electron chi connectivity index (χ0n) is 23.7. The summed E-state index contributed by atoms with van der Waals surface area (Å²) >= 11 is 0. The lowest BCUT2D eigenvalue weighted by Crippen LogP contribution is -2.57. The number of likely N-dealkylation sites (tertiary alicyclic amines) is 1. The molecule has 1 aromatic carbocycles. The largest absolute Gasteiger partial charge is 0.458 e. The number of benzene rings is 1. The van der Waals surface area contributed by atoms with Crippen LogP contribution >= 0.6 is 0 Å². The van der Waals surface area contributed by atoms with Gasteiger partial charge in [0.2, 0.25) is 11.8 Å². The van der Waals surface area contributed by atoms with Crippen molar-refractivity contribution in [3.63, 3.8) is 0 Å². The van der Waals surface area contributed by atoms with Crippen molar-refractivity contribution in [1.29, 1.82) is 0 Å². The van der Waals surface area contributed by atoms with E-state index < -0.39 is 46.7 Å². The van der Waals surface area contributed by atoms with Gasteiger partial charge in [-0.15, -0.1) is 0 Å². The molecule has 2 heterocycles. The maximum atomic E-state index is 14.1. The van der Waals surface area contributed by atoms with Crippen LogP contribution in [0, 0.1) is 5.41 Å².